The van der Waals surface area contributed by atoms with Crippen LogP contribution in [0.2, 0.25) is 0 Å². The van der Waals surface area contributed by atoms with Gasteiger partial charge in [-0.05, 0) is 46.1 Å². The van der Waals surface area contributed by atoms with Crippen molar-refractivity contribution in [3.05, 3.63) is 23.2 Å². The summed E-state index contributed by atoms with van der Waals surface area (Å²) in [5.41, 5.74) is 1.32. The average Bonchev–Trinajstić information content (AvgIpc) is 2.97. The maximum Gasteiger partial charge on any atom is 0.105 e. The van der Waals surface area contributed by atoms with Gasteiger partial charge in [0.05, 0.1) is 0 Å². The molecular weight excluding hydrogens is 224 g/mol. The van der Waals surface area contributed by atoms with Crippen molar-refractivity contribution in [2.24, 2.45) is 0 Å². The number of furan rings is 1. The largest absolute Gasteiger partial charge is 0.466 e. The van der Waals surface area contributed by atoms with Crippen LogP contribution >= 0.6 is 0 Å². The molecule has 1 aliphatic carbocycles. The monoisotopic (exact) mass is 248 g/mol. The van der Waals surface area contributed by atoms with Crippen LogP contribution in [-0.4, -0.2) is 30.1 Å². The van der Waals surface area contributed by atoms with E-state index in [2.05, 4.69) is 30.1 Å². The number of nitrogens with one attached hydrogen (secondary N) is 1. The molecule has 2 heterocycles. The minimum atomic E-state index is 0.395. The number of rotatable bonds is 4. The highest BCUT2D eigenvalue weighted by Gasteiger charge is 2.34. The average molecular weight is 248 g/mol. The summed E-state index contributed by atoms with van der Waals surface area (Å²) < 4.78 is 5.62. The molecular formula is C15H24N2O. The van der Waals surface area contributed by atoms with Gasteiger partial charge in [-0.3, -0.25) is 4.90 Å². The molecule has 3 nitrogen and oxygen atoms in total. The minimum absolute atomic E-state index is 0.395. The van der Waals surface area contributed by atoms with Crippen molar-refractivity contribution in [2.45, 2.75) is 58.2 Å². The van der Waals surface area contributed by atoms with Gasteiger partial charge >= 0.3 is 0 Å². The van der Waals surface area contributed by atoms with Gasteiger partial charge in [0.25, 0.3) is 0 Å². The third-order valence-corrected chi connectivity index (χ3v) is 4.31. The van der Waals surface area contributed by atoms with Crippen LogP contribution in [0.25, 0.3) is 0 Å². The van der Waals surface area contributed by atoms with Crippen molar-refractivity contribution in [1.82, 2.24) is 10.2 Å². The molecule has 0 amide bonds. The van der Waals surface area contributed by atoms with Crippen LogP contribution < -0.4 is 5.32 Å². The summed E-state index contributed by atoms with van der Waals surface area (Å²) in [5.74, 6) is 2.08. The second-order valence-corrected chi connectivity index (χ2v) is 5.97. The molecule has 2 aliphatic rings. The Morgan fingerprint density at radius 2 is 2.11 bits per heavy atom. The summed E-state index contributed by atoms with van der Waals surface area (Å²) in [6.07, 6.45) is 4.13. The number of hydrogen-bond donors (Lipinski definition) is 1. The SMILES string of the molecule is Cc1cc(C(C)NC2CCN(C3CC3)C2)c(C)o1. The first-order chi connectivity index (χ1) is 8.63. The van der Waals surface area contributed by atoms with E-state index in [-0.39, 0.29) is 0 Å². The van der Waals surface area contributed by atoms with E-state index in [9.17, 15) is 0 Å². The van der Waals surface area contributed by atoms with Gasteiger partial charge in [-0.1, -0.05) is 0 Å². The third kappa shape index (κ3) is 2.47. The Labute approximate surface area is 110 Å². The molecule has 18 heavy (non-hydrogen) atoms. The fourth-order valence-electron chi connectivity index (χ4n) is 3.22. The van der Waals surface area contributed by atoms with Crippen molar-refractivity contribution in [1.29, 1.82) is 0 Å². The Morgan fingerprint density at radius 1 is 1.33 bits per heavy atom. The summed E-state index contributed by atoms with van der Waals surface area (Å²) in [7, 11) is 0. The lowest BCUT2D eigenvalue weighted by Gasteiger charge is -2.20. The smallest absolute Gasteiger partial charge is 0.105 e. The number of aryl methyl sites for hydroxylation is 2. The van der Waals surface area contributed by atoms with Crippen molar-refractivity contribution in [3.63, 3.8) is 0 Å². The quantitative estimate of drug-likeness (QED) is 0.888. The first-order valence-corrected chi connectivity index (χ1v) is 7.20. The Bertz CT molecular complexity index is 422. The zero-order chi connectivity index (χ0) is 12.7. The molecule has 3 rings (SSSR count). The normalized spacial score (nSPS) is 26.7. The zero-order valence-corrected chi connectivity index (χ0v) is 11.7. The van der Waals surface area contributed by atoms with Gasteiger partial charge < -0.3 is 9.73 Å². The Hall–Kier alpha value is -0.800. The Balaban J connectivity index is 1.57. The molecule has 0 radical (unpaired) electrons. The first-order valence-electron chi connectivity index (χ1n) is 7.20. The molecule has 1 aromatic rings. The molecule has 0 aromatic carbocycles. The van der Waals surface area contributed by atoms with E-state index in [1.807, 2.05) is 6.92 Å². The highest BCUT2D eigenvalue weighted by molar-refractivity contribution is 5.23. The van der Waals surface area contributed by atoms with Crippen LogP contribution in [0.5, 0.6) is 0 Å². The predicted molar refractivity (Wildman–Crippen MR) is 72.7 cm³/mol. The second kappa shape index (κ2) is 4.71. The van der Waals surface area contributed by atoms with Gasteiger partial charge in [-0.2, -0.15) is 0 Å². The maximum absolute atomic E-state index is 5.62. The van der Waals surface area contributed by atoms with Crippen molar-refractivity contribution in [2.75, 3.05) is 13.1 Å². The fourth-order valence-corrected chi connectivity index (χ4v) is 3.22. The summed E-state index contributed by atoms with van der Waals surface area (Å²) >= 11 is 0. The van der Waals surface area contributed by atoms with Gasteiger partial charge in [-0.15, -0.1) is 0 Å². The van der Waals surface area contributed by atoms with E-state index < -0.39 is 0 Å². The molecule has 1 N–H and O–H groups in total. The van der Waals surface area contributed by atoms with Crippen LogP contribution in [0, 0.1) is 13.8 Å². The molecule has 2 fully saturated rings. The van der Waals surface area contributed by atoms with Gasteiger partial charge in [0.1, 0.15) is 11.5 Å². The van der Waals surface area contributed by atoms with Crippen molar-refractivity contribution in [3.8, 4) is 0 Å². The summed E-state index contributed by atoms with van der Waals surface area (Å²) in [6, 6.07) is 4.12. The van der Waals surface area contributed by atoms with E-state index in [0.717, 1.165) is 17.6 Å². The van der Waals surface area contributed by atoms with Crippen LogP contribution in [0.4, 0.5) is 0 Å². The minimum Gasteiger partial charge on any atom is -0.466 e. The Morgan fingerprint density at radius 3 is 2.72 bits per heavy atom. The standard InChI is InChI=1S/C15H24N2O/c1-10-8-15(12(3)18-10)11(2)16-13-6-7-17(9-13)14-4-5-14/h8,11,13-14,16H,4-7,9H2,1-3H3. The Kier molecular flexibility index (Phi) is 3.20. The molecule has 1 saturated carbocycles. The lowest BCUT2D eigenvalue weighted by atomic mass is 10.1. The summed E-state index contributed by atoms with van der Waals surface area (Å²) in [6.45, 7) is 8.83. The molecule has 1 aliphatic heterocycles. The molecule has 2 atom stereocenters. The van der Waals surface area contributed by atoms with Crippen LogP contribution in [0.15, 0.2) is 10.5 Å². The van der Waals surface area contributed by atoms with Crippen molar-refractivity contribution >= 4 is 0 Å². The fraction of sp³-hybridized carbons (Fsp3) is 0.733. The maximum atomic E-state index is 5.62. The number of likely N-dealkylation sites (tertiary alicyclic amines) is 1. The van der Waals surface area contributed by atoms with Crippen LogP contribution in [0.1, 0.15) is 49.3 Å². The predicted octanol–water partition coefficient (Wildman–Crippen LogP) is 2.78. The van der Waals surface area contributed by atoms with Crippen LogP contribution in [0.3, 0.4) is 0 Å². The lowest BCUT2D eigenvalue weighted by Crippen LogP contribution is -2.35. The molecule has 0 bridgehead atoms. The van der Waals surface area contributed by atoms with E-state index in [1.165, 1.54) is 37.9 Å². The van der Waals surface area contributed by atoms with Crippen LogP contribution in [-0.2, 0) is 0 Å². The van der Waals surface area contributed by atoms with Gasteiger partial charge in [0.15, 0.2) is 0 Å². The van der Waals surface area contributed by atoms with E-state index in [4.69, 9.17) is 4.42 Å². The van der Waals surface area contributed by atoms with E-state index in [0.29, 0.717) is 12.1 Å². The van der Waals surface area contributed by atoms with E-state index in [1.54, 1.807) is 0 Å². The highest BCUT2D eigenvalue weighted by atomic mass is 16.3. The lowest BCUT2D eigenvalue weighted by molar-refractivity contribution is 0.313. The topological polar surface area (TPSA) is 28.4 Å². The molecule has 1 aromatic heterocycles. The number of nitrogens with zero attached hydrogens (tertiary/aromatic N) is 1. The van der Waals surface area contributed by atoms with E-state index >= 15 is 0 Å². The molecule has 100 valence electrons. The highest BCUT2D eigenvalue weighted by Crippen LogP contribution is 2.30. The molecule has 1 saturated heterocycles. The van der Waals surface area contributed by atoms with Crippen molar-refractivity contribution < 1.29 is 4.42 Å². The van der Waals surface area contributed by atoms with Gasteiger partial charge in [0.2, 0.25) is 0 Å². The molecule has 3 heteroatoms. The number of hydrogen-bond acceptors (Lipinski definition) is 3. The molecule has 0 spiro atoms. The third-order valence-electron chi connectivity index (χ3n) is 4.31. The first kappa shape index (κ1) is 12.2. The summed E-state index contributed by atoms with van der Waals surface area (Å²) in [4.78, 5) is 2.65. The summed E-state index contributed by atoms with van der Waals surface area (Å²) in [5, 5.41) is 3.76. The molecule has 2 unspecified atom stereocenters. The second-order valence-electron chi connectivity index (χ2n) is 5.97. The van der Waals surface area contributed by atoms with Gasteiger partial charge in [-0.25, -0.2) is 0 Å². The zero-order valence-electron chi connectivity index (χ0n) is 11.7. The van der Waals surface area contributed by atoms with Gasteiger partial charge in [0, 0.05) is 36.8 Å².